The Morgan fingerprint density at radius 1 is 0.618 bits per heavy atom. The lowest BCUT2D eigenvalue weighted by Gasteiger charge is -2.20. The minimum atomic E-state index is 0.199. The lowest BCUT2D eigenvalue weighted by atomic mass is 10.0. The number of ether oxygens (including phenoxy) is 2. The van der Waals surface area contributed by atoms with Crippen molar-refractivity contribution < 1.29 is 9.47 Å². The number of hydrogen-bond donors (Lipinski definition) is 0. The van der Waals surface area contributed by atoms with Crippen molar-refractivity contribution in [3.63, 3.8) is 0 Å². The SMILES string of the molecule is CC.CC(C)CCCCCCCCCCCCCCOCC(CC(C)C)OCc1ccccc1. The van der Waals surface area contributed by atoms with Crippen molar-refractivity contribution >= 4 is 0 Å². The van der Waals surface area contributed by atoms with Gasteiger partial charge in [-0.2, -0.15) is 0 Å². The average Bonchev–Trinajstić information content (AvgIpc) is 2.83. The Kier molecular flexibility index (Phi) is 24.6. The van der Waals surface area contributed by atoms with Crippen LogP contribution in [0.1, 0.15) is 137 Å². The molecule has 1 rings (SSSR count). The minimum absolute atomic E-state index is 0.199. The topological polar surface area (TPSA) is 18.5 Å². The van der Waals surface area contributed by atoms with E-state index in [1.807, 2.05) is 13.8 Å². The van der Waals surface area contributed by atoms with Crippen LogP contribution >= 0.6 is 0 Å². The Morgan fingerprint density at radius 2 is 1.12 bits per heavy atom. The summed E-state index contributed by atoms with van der Waals surface area (Å²) in [5.74, 6) is 1.51. The standard InChI is InChI=1S/C30H54O2.C2H6/c1-27(2)20-16-13-11-9-7-5-6-8-10-12-14-19-23-31-26-30(24-28(3)4)32-25-29-21-17-15-18-22-29;1-2/h15,17-18,21-22,27-28,30H,5-14,16,19-20,23-26H2,1-4H3;1-2H3. The lowest BCUT2D eigenvalue weighted by Crippen LogP contribution is -2.22. The predicted octanol–water partition coefficient (Wildman–Crippen LogP) is 10.4. The Hall–Kier alpha value is -0.860. The summed E-state index contributed by atoms with van der Waals surface area (Å²) >= 11 is 0. The molecule has 0 saturated carbocycles. The Balaban J connectivity index is 0.00000529. The van der Waals surface area contributed by atoms with Crippen molar-refractivity contribution in [1.82, 2.24) is 0 Å². The molecule has 0 N–H and O–H groups in total. The molecular formula is C32H60O2. The normalized spacial score (nSPS) is 12.1. The second kappa shape index (κ2) is 25.2. The van der Waals surface area contributed by atoms with Gasteiger partial charge in [-0.1, -0.05) is 149 Å². The number of unbranched alkanes of at least 4 members (excludes halogenated alkanes) is 11. The van der Waals surface area contributed by atoms with Crippen molar-refractivity contribution in [1.29, 1.82) is 0 Å². The predicted molar refractivity (Wildman–Crippen MR) is 151 cm³/mol. The molecule has 1 aromatic carbocycles. The summed E-state index contributed by atoms with van der Waals surface area (Å²) in [6, 6.07) is 10.4. The maximum Gasteiger partial charge on any atom is 0.0815 e. The third-order valence-electron chi connectivity index (χ3n) is 6.19. The molecule has 0 heterocycles. The summed E-state index contributed by atoms with van der Waals surface area (Å²) in [6.07, 6.45) is 19.4. The van der Waals surface area contributed by atoms with E-state index in [-0.39, 0.29) is 6.10 Å². The van der Waals surface area contributed by atoms with E-state index in [4.69, 9.17) is 9.47 Å². The second-order valence-electron chi connectivity index (χ2n) is 10.5. The fourth-order valence-corrected chi connectivity index (χ4v) is 4.24. The van der Waals surface area contributed by atoms with Gasteiger partial charge in [0.25, 0.3) is 0 Å². The van der Waals surface area contributed by atoms with Gasteiger partial charge >= 0.3 is 0 Å². The number of benzene rings is 1. The smallest absolute Gasteiger partial charge is 0.0815 e. The maximum atomic E-state index is 6.14. The van der Waals surface area contributed by atoms with Crippen molar-refractivity contribution in [3.05, 3.63) is 35.9 Å². The second-order valence-corrected chi connectivity index (χ2v) is 10.5. The van der Waals surface area contributed by atoms with Gasteiger partial charge in [0.1, 0.15) is 0 Å². The monoisotopic (exact) mass is 476 g/mol. The number of rotatable bonds is 22. The first-order valence-corrected chi connectivity index (χ1v) is 14.8. The zero-order valence-corrected chi connectivity index (χ0v) is 24.0. The van der Waals surface area contributed by atoms with Gasteiger partial charge in [-0.15, -0.1) is 0 Å². The third kappa shape index (κ3) is 22.9. The summed E-state index contributed by atoms with van der Waals surface area (Å²) in [5, 5.41) is 0. The van der Waals surface area contributed by atoms with Crippen LogP contribution in [0.3, 0.4) is 0 Å². The highest BCUT2D eigenvalue weighted by atomic mass is 16.5. The van der Waals surface area contributed by atoms with Gasteiger partial charge in [-0.05, 0) is 30.2 Å². The van der Waals surface area contributed by atoms with E-state index in [1.54, 1.807) is 0 Å². The van der Waals surface area contributed by atoms with Gasteiger partial charge in [0.05, 0.1) is 19.3 Å². The fraction of sp³-hybridized carbons (Fsp3) is 0.812. The zero-order chi connectivity index (χ0) is 25.3. The largest absolute Gasteiger partial charge is 0.379 e. The highest BCUT2D eigenvalue weighted by Crippen LogP contribution is 2.15. The summed E-state index contributed by atoms with van der Waals surface area (Å²) in [6.45, 7) is 15.5. The van der Waals surface area contributed by atoms with Gasteiger partial charge < -0.3 is 9.47 Å². The first kappa shape index (κ1) is 33.1. The molecule has 0 aromatic heterocycles. The molecule has 0 radical (unpaired) electrons. The Labute approximate surface area is 214 Å². The van der Waals surface area contributed by atoms with Crippen LogP contribution in [-0.4, -0.2) is 19.3 Å². The van der Waals surface area contributed by atoms with Crippen LogP contribution in [-0.2, 0) is 16.1 Å². The zero-order valence-electron chi connectivity index (χ0n) is 24.0. The van der Waals surface area contributed by atoms with E-state index in [0.29, 0.717) is 12.5 Å². The molecule has 0 bridgehead atoms. The van der Waals surface area contributed by atoms with Crippen LogP contribution in [0.5, 0.6) is 0 Å². The first-order chi connectivity index (χ1) is 16.6. The van der Waals surface area contributed by atoms with Crippen LogP contribution in [0.4, 0.5) is 0 Å². The van der Waals surface area contributed by atoms with Crippen molar-refractivity contribution in [2.75, 3.05) is 13.2 Å². The van der Waals surface area contributed by atoms with E-state index in [0.717, 1.165) is 25.6 Å². The van der Waals surface area contributed by atoms with Gasteiger partial charge in [-0.3, -0.25) is 0 Å². The van der Waals surface area contributed by atoms with Crippen LogP contribution in [0, 0.1) is 11.8 Å². The third-order valence-corrected chi connectivity index (χ3v) is 6.19. The van der Waals surface area contributed by atoms with Crippen molar-refractivity contribution in [3.8, 4) is 0 Å². The highest BCUT2D eigenvalue weighted by Gasteiger charge is 2.12. The van der Waals surface area contributed by atoms with Gasteiger partial charge in [0.2, 0.25) is 0 Å². The van der Waals surface area contributed by atoms with Crippen LogP contribution < -0.4 is 0 Å². The molecule has 0 spiro atoms. The van der Waals surface area contributed by atoms with E-state index in [9.17, 15) is 0 Å². The molecule has 200 valence electrons. The fourth-order valence-electron chi connectivity index (χ4n) is 4.24. The van der Waals surface area contributed by atoms with Crippen LogP contribution in [0.15, 0.2) is 30.3 Å². The highest BCUT2D eigenvalue weighted by molar-refractivity contribution is 5.13. The van der Waals surface area contributed by atoms with Crippen LogP contribution in [0.25, 0.3) is 0 Å². The molecule has 0 amide bonds. The Bertz CT molecular complexity index is 497. The molecule has 0 saturated heterocycles. The molecule has 0 fully saturated rings. The molecule has 0 aliphatic heterocycles. The van der Waals surface area contributed by atoms with E-state index >= 15 is 0 Å². The van der Waals surface area contributed by atoms with Crippen molar-refractivity contribution in [2.24, 2.45) is 11.8 Å². The van der Waals surface area contributed by atoms with Crippen LogP contribution in [0.2, 0.25) is 0 Å². The summed E-state index contributed by atoms with van der Waals surface area (Å²) in [7, 11) is 0. The molecule has 0 aliphatic carbocycles. The Morgan fingerprint density at radius 3 is 1.62 bits per heavy atom. The molecule has 34 heavy (non-hydrogen) atoms. The molecule has 1 unspecified atom stereocenters. The van der Waals surface area contributed by atoms with Gasteiger partial charge in [-0.25, -0.2) is 0 Å². The molecule has 2 heteroatoms. The molecule has 2 nitrogen and oxygen atoms in total. The first-order valence-electron chi connectivity index (χ1n) is 14.8. The maximum absolute atomic E-state index is 6.14. The average molecular weight is 477 g/mol. The number of hydrogen-bond acceptors (Lipinski definition) is 2. The summed E-state index contributed by atoms with van der Waals surface area (Å²) in [5.41, 5.74) is 1.24. The van der Waals surface area contributed by atoms with E-state index < -0.39 is 0 Å². The minimum Gasteiger partial charge on any atom is -0.379 e. The van der Waals surface area contributed by atoms with E-state index in [1.165, 1.54) is 89.0 Å². The van der Waals surface area contributed by atoms with E-state index in [2.05, 4.69) is 58.0 Å². The molecular weight excluding hydrogens is 416 g/mol. The van der Waals surface area contributed by atoms with Gasteiger partial charge in [0, 0.05) is 6.61 Å². The summed E-state index contributed by atoms with van der Waals surface area (Å²) in [4.78, 5) is 0. The lowest BCUT2D eigenvalue weighted by molar-refractivity contribution is -0.0346. The molecule has 1 aromatic rings. The molecule has 0 aliphatic rings. The van der Waals surface area contributed by atoms with Crippen molar-refractivity contribution in [2.45, 2.75) is 144 Å². The molecule has 1 atom stereocenters. The summed E-state index contributed by atoms with van der Waals surface area (Å²) < 4.78 is 12.1. The van der Waals surface area contributed by atoms with Gasteiger partial charge in [0.15, 0.2) is 0 Å². The quantitative estimate of drug-likeness (QED) is 0.155.